The maximum Gasteiger partial charge on any atom is 0.416 e. The predicted octanol–water partition coefficient (Wildman–Crippen LogP) is 4.71. The van der Waals surface area contributed by atoms with Crippen molar-refractivity contribution >= 4 is 31.9 Å². The van der Waals surface area contributed by atoms with Gasteiger partial charge < -0.3 is 5.11 Å². The van der Waals surface area contributed by atoms with E-state index in [4.69, 9.17) is 0 Å². The van der Waals surface area contributed by atoms with Gasteiger partial charge in [-0.3, -0.25) is 4.98 Å². The normalized spacial score (nSPS) is 13.3. The van der Waals surface area contributed by atoms with Crippen LogP contribution in [0.15, 0.2) is 45.6 Å². The van der Waals surface area contributed by atoms with Crippen molar-refractivity contribution in [2.75, 3.05) is 0 Å². The van der Waals surface area contributed by atoms with Crippen molar-refractivity contribution < 1.29 is 18.3 Å². The highest BCUT2D eigenvalue weighted by Gasteiger charge is 2.35. The zero-order valence-electron chi connectivity index (χ0n) is 9.83. The number of aliphatic hydroxyl groups excluding tert-OH is 1. The van der Waals surface area contributed by atoms with Crippen LogP contribution in [0.25, 0.3) is 0 Å². The van der Waals surface area contributed by atoms with Gasteiger partial charge in [0, 0.05) is 32.5 Å². The van der Waals surface area contributed by atoms with Crippen LogP contribution < -0.4 is 0 Å². The standard InChI is InChI=1S/C13H8Br2F3NO/c14-7-1-2-11(15)8(5-7)12(20)9-6-19-4-3-10(9)13(16,17)18/h1-6,12,20H. The molecular weight excluding hydrogens is 403 g/mol. The van der Waals surface area contributed by atoms with E-state index in [1.807, 2.05) is 0 Å². The number of pyridine rings is 1. The Labute approximate surface area is 129 Å². The fourth-order valence-electron chi connectivity index (χ4n) is 1.77. The molecule has 0 fully saturated rings. The van der Waals surface area contributed by atoms with E-state index in [1.54, 1.807) is 18.2 Å². The lowest BCUT2D eigenvalue weighted by molar-refractivity contribution is -0.139. The van der Waals surface area contributed by atoms with Gasteiger partial charge in [0.1, 0.15) is 6.10 Å². The van der Waals surface area contributed by atoms with Crippen LogP contribution in [0.1, 0.15) is 22.8 Å². The molecule has 0 radical (unpaired) electrons. The van der Waals surface area contributed by atoms with Gasteiger partial charge >= 0.3 is 6.18 Å². The second-order valence-electron chi connectivity index (χ2n) is 4.03. The summed E-state index contributed by atoms with van der Waals surface area (Å²) in [6.45, 7) is 0. The molecule has 1 heterocycles. The minimum absolute atomic E-state index is 0.279. The molecule has 0 saturated heterocycles. The first-order chi connectivity index (χ1) is 9.30. The summed E-state index contributed by atoms with van der Waals surface area (Å²) in [6.07, 6.45) is -3.89. The van der Waals surface area contributed by atoms with Gasteiger partial charge in [-0.25, -0.2) is 0 Å². The molecule has 1 atom stereocenters. The van der Waals surface area contributed by atoms with Crippen LogP contribution >= 0.6 is 31.9 Å². The first-order valence-electron chi connectivity index (χ1n) is 5.45. The number of benzene rings is 1. The highest BCUT2D eigenvalue weighted by molar-refractivity contribution is 9.11. The topological polar surface area (TPSA) is 33.1 Å². The Morgan fingerprint density at radius 3 is 2.45 bits per heavy atom. The summed E-state index contributed by atoms with van der Waals surface area (Å²) in [5.74, 6) is 0. The smallest absolute Gasteiger partial charge is 0.384 e. The third-order valence-corrected chi connectivity index (χ3v) is 3.92. The summed E-state index contributed by atoms with van der Waals surface area (Å²) in [5, 5.41) is 10.3. The Morgan fingerprint density at radius 1 is 1.10 bits per heavy atom. The fraction of sp³-hybridized carbons (Fsp3) is 0.154. The molecular formula is C13H8Br2F3NO. The van der Waals surface area contributed by atoms with Crippen LogP contribution in [0.3, 0.4) is 0 Å². The number of hydrogen-bond donors (Lipinski definition) is 1. The summed E-state index contributed by atoms with van der Waals surface area (Å²) < 4.78 is 40.0. The Kier molecular flexibility index (Phi) is 4.51. The molecule has 0 aliphatic rings. The van der Waals surface area contributed by atoms with Gasteiger partial charge in [-0.1, -0.05) is 31.9 Å². The molecule has 0 spiro atoms. The number of nitrogens with zero attached hydrogens (tertiary/aromatic N) is 1. The van der Waals surface area contributed by atoms with Crippen LogP contribution in [0.4, 0.5) is 13.2 Å². The second kappa shape index (κ2) is 5.83. The summed E-state index contributed by atoms with van der Waals surface area (Å²) in [6, 6.07) is 5.77. The van der Waals surface area contributed by atoms with Crippen molar-refractivity contribution in [3.8, 4) is 0 Å². The largest absolute Gasteiger partial charge is 0.416 e. The molecule has 7 heteroatoms. The maximum absolute atomic E-state index is 12.9. The summed E-state index contributed by atoms with van der Waals surface area (Å²) in [5.41, 5.74) is -0.844. The molecule has 1 aromatic heterocycles. The molecule has 0 aliphatic heterocycles. The maximum atomic E-state index is 12.9. The highest BCUT2D eigenvalue weighted by atomic mass is 79.9. The molecule has 2 nitrogen and oxygen atoms in total. The average molecular weight is 411 g/mol. The predicted molar refractivity (Wildman–Crippen MR) is 75.1 cm³/mol. The first kappa shape index (κ1) is 15.5. The molecule has 0 bridgehead atoms. The number of halogens is 5. The minimum atomic E-state index is -4.54. The molecule has 2 aromatic rings. The van der Waals surface area contributed by atoms with Gasteiger partial charge in [-0.05, 0) is 24.3 Å². The van der Waals surface area contributed by atoms with E-state index in [1.165, 1.54) is 0 Å². The third kappa shape index (κ3) is 3.21. The molecule has 106 valence electrons. The van der Waals surface area contributed by atoms with E-state index in [2.05, 4.69) is 36.8 Å². The zero-order valence-corrected chi connectivity index (χ0v) is 13.0. The lowest BCUT2D eigenvalue weighted by Gasteiger charge is -2.18. The van der Waals surface area contributed by atoms with Crippen molar-refractivity contribution in [1.29, 1.82) is 0 Å². The fourth-order valence-corrected chi connectivity index (χ4v) is 2.62. The molecule has 1 N–H and O–H groups in total. The van der Waals surface area contributed by atoms with E-state index in [9.17, 15) is 18.3 Å². The molecule has 2 rings (SSSR count). The number of hydrogen-bond acceptors (Lipinski definition) is 2. The number of aliphatic hydroxyl groups is 1. The first-order valence-corrected chi connectivity index (χ1v) is 7.03. The summed E-state index contributed by atoms with van der Waals surface area (Å²) in [4.78, 5) is 3.67. The van der Waals surface area contributed by atoms with Crippen LogP contribution in [-0.2, 0) is 6.18 Å². The Balaban J connectivity index is 2.54. The molecule has 0 amide bonds. The quantitative estimate of drug-likeness (QED) is 0.777. The van der Waals surface area contributed by atoms with Gasteiger partial charge in [-0.15, -0.1) is 0 Å². The van der Waals surface area contributed by atoms with Crippen molar-refractivity contribution in [2.24, 2.45) is 0 Å². The van der Waals surface area contributed by atoms with Crippen molar-refractivity contribution in [1.82, 2.24) is 4.98 Å². The van der Waals surface area contributed by atoms with Crippen molar-refractivity contribution in [3.05, 3.63) is 62.3 Å². The SMILES string of the molecule is OC(c1cc(Br)ccc1Br)c1cnccc1C(F)(F)F. The molecule has 0 aliphatic carbocycles. The van der Waals surface area contributed by atoms with Gasteiger partial charge in [0.05, 0.1) is 5.56 Å². The summed E-state index contributed by atoms with van der Waals surface area (Å²) in [7, 11) is 0. The van der Waals surface area contributed by atoms with Crippen LogP contribution in [0.2, 0.25) is 0 Å². The Morgan fingerprint density at radius 2 is 1.80 bits per heavy atom. The molecule has 0 saturated carbocycles. The highest BCUT2D eigenvalue weighted by Crippen LogP contribution is 2.38. The van der Waals surface area contributed by atoms with Gasteiger partial charge in [0.15, 0.2) is 0 Å². The molecule has 1 unspecified atom stereocenters. The number of alkyl halides is 3. The van der Waals surface area contributed by atoms with Crippen LogP contribution in [0, 0.1) is 0 Å². The number of aromatic nitrogens is 1. The van der Waals surface area contributed by atoms with E-state index in [0.717, 1.165) is 18.5 Å². The lowest BCUT2D eigenvalue weighted by atomic mass is 9.98. The van der Waals surface area contributed by atoms with E-state index in [-0.39, 0.29) is 5.56 Å². The van der Waals surface area contributed by atoms with E-state index in [0.29, 0.717) is 14.5 Å². The average Bonchev–Trinajstić information content (AvgIpc) is 2.40. The van der Waals surface area contributed by atoms with Gasteiger partial charge in [0.25, 0.3) is 0 Å². The number of rotatable bonds is 2. The molecule has 1 aromatic carbocycles. The van der Waals surface area contributed by atoms with Gasteiger partial charge in [0.2, 0.25) is 0 Å². The van der Waals surface area contributed by atoms with Crippen molar-refractivity contribution in [3.63, 3.8) is 0 Å². The van der Waals surface area contributed by atoms with E-state index >= 15 is 0 Å². The lowest BCUT2D eigenvalue weighted by Crippen LogP contribution is -2.13. The minimum Gasteiger partial charge on any atom is -0.384 e. The Bertz CT molecular complexity index is 631. The third-order valence-electron chi connectivity index (χ3n) is 2.70. The van der Waals surface area contributed by atoms with E-state index < -0.39 is 17.8 Å². The monoisotopic (exact) mass is 409 g/mol. The molecule has 20 heavy (non-hydrogen) atoms. The summed E-state index contributed by atoms with van der Waals surface area (Å²) >= 11 is 6.45. The second-order valence-corrected chi connectivity index (χ2v) is 5.80. The Hall–Kier alpha value is -0.920. The zero-order chi connectivity index (χ0) is 14.9. The van der Waals surface area contributed by atoms with Crippen LogP contribution in [0.5, 0.6) is 0 Å². The van der Waals surface area contributed by atoms with Gasteiger partial charge in [-0.2, -0.15) is 13.2 Å². The van der Waals surface area contributed by atoms with Crippen LogP contribution in [-0.4, -0.2) is 10.1 Å². The van der Waals surface area contributed by atoms with Crippen molar-refractivity contribution in [2.45, 2.75) is 12.3 Å².